The van der Waals surface area contributed by atoms with Gasteiger partial charge in [-0.25, -0.2) is 4.39 Å². The molecule has 2 aromatic rings. The topological polar surface area (TPSA) is 15.3 Å². The van der Waals surface area contributed by atoms with E-state index >= 15 is 0 Å². The molecular weight excluding hydrogens is 351 g/mol. The first-order valence-corrected chi connectivity index (χ1v) is 8.66. The van der Waals surface area contributed by atoms with Gasteiger partial charge in [-0.05, 0) is 58.0 Å². The normalized spacial score (nSPS) is 12.4. The lowest BCUT2D eigenvalue weighted by Crippen LogP contribution is -2.24. The zero-order valence-corrected chi connectivity index (χ0v) is 14.9. The van der Waals surface area contributed by atoms with Crippen LogP contribution in [-0.4, -0.2) is 13.6 Å². The molecule has 1 N–H and O–H groups in total. The number of nitrogens with zero attached hydrogens (tertiary/aromatic N) is 1. The van der Waals surface area contributed by atoms with Crippen LogP contribution in [0.15, 0.2) is 33.4 Å². The van der Waals surface area contributed by atoms with Crippen LogP contribution in [-0.2, 0) is 6.54 Å². The zero-order valence-electron chi connectivity index (χ0n) is 12.5. The van der Waals surface area contributed by atoms with Crippen molar-refractivity contribution < 1.29 is 4.39 Å². The van der Waals surface area contributed by atoms with E-state index in [9.17, 15) is 4.39 Å². The van der Waals surface area contributed by atoms with Crippen LogP contribution in [0.3, 0.4) is 0 Å². The molecule has 0 saturated heterocycles. The minimum atomic E-state index is -0.172. The van der Waals surface area contributed by atoms with E-state index in [1.54, 1.807) is 17.4 Å². The van der Waals surface area contributed by atoms with Gasteiger partial charge in [-0.2, -0.15) is 0 Å². The van der Waals surface area contributed by atoms with Crippen LogP contribution in [0.4, 0.5) is 10.1 Å². The maximum Gasteiger partial charge on any atom is 0.146 e. The Morgan fingerprint density at radius 3 is 2.81 bits per heavy atom. The summed E-state index contributed by atoms with van der Waals surface area (Å²) in [6.07, 6.45) is 0. The number of thiophene rings is 1. The molecule has 5 heteroatoms. The minimum absolute atomic E-state index is 0.123. The second-order valence-electron chi connectivity index (χ2n) is 5.07. The van der Waals surface area contributed by atoms with Gasteiger partial charge in [0, 0.05) is 19.6 Å². The standard InChI is InChI=1S/C16H20BrFN2S/c1-4-19-11(2)13-6-5-7-14(18)16(13)20(3)9-12-8-15(17)21-10-12/h5-8,10-11,19H,4,9H2,1-3H3. The van der Waals surface area contributed by atoms with E-state index in [4.69, 9.17) is 0 Å². The lowest BCUT2D eigenvalue weighted by atomic mass is 10.0. The number of nitrogens with one attached hydrogen (secondary N) is 1. The van der Waals surface area contributed by atoms with Crippen LogP contribution >= 0.6 is 27.3 Å². The van der Waals surface area contributed by atoms with E-state index in [0.717, 1.165) is 15.9 Å². The maximum atomic E-state index is 14.3. The van der Waals surface area contributed by atoms with Gasteiger partial charge >= 0.3 is 0 Å². The molecule has 2 rings (SSSR count). The van der Waals surface area contributed by atoms with E-state index in [2.05, 4.69) is 46.5 Å². The smallest absolute Gasteiger partial charge is 0.146 e. The molecule has 0 aliphatic heterocycles. The van der Waals surface area contributed by atoms with Crippen LogP contribution in [0.2, 0.25) is 0 Å². The van der Waals surface area contributed by atoms with Crippen LogP contribution in [0, 0.1) is 5.82 Å². The van der Waals surface area contributed by atoms with Crippen molar-refractivity contribution in [3.05, 3.63) is 50.4 Å². The van der Waals surface area contributed by atoms with E-state index in [0.29, 0.717) is 12.2 Å². The summed E-state index contributed by atoms with van der Waals surface area (Å²) in [6.45, 7) is 5.67. The Hall–Kier alpha value is -0.910. The first-order valence-electron chi connectivity index (χ1n) is 6.98. The van der Waals surface area contributed by atoms with Crippen molar-refractivity contribution in [1.82, 2.24) is 5.32 Å². The molecule has 1 atom stereocenters. The van der Waals surface area contributed by atoms with Gasteiger partial charge in [0.05, 0.1) is 9.47 Å². The number of benzene rings is 1. The fourth-order valence-corrected chi connectivity index (χ4v) is 3.68. The number of halogens is 2. The van der Waals surface area contributed by atoms with Gasteiger partial charge in [-0.3, -0.25) is 0 Å². The molecule has 1 heterocycles. The fourth-order valence-electron chi connectivity index (χ4n) is 2.48. The number of hydrogen-bond donors (Lipinski definition) is 1. The number of para-hydroxylation sites is 1. The molecule has 0 radical (unpaired) electrons. The maximum absolute atomic E-state index is 14.3. The van der Waals surface area contributed by atoms with Gasteiger partial charge in [0.1, 0.15) is 5.82 Å². The number of hydrogen-bond acceptors (Lipinski definition) is 3. The lowest BCUT2D eigenvalue weighted by molar-refractivity contribution is 0.579. The molecule has 0 saturated carbocycles. The molecule has 0 fully saturated rings. The van der Waals surface area contributed by atoms with Gasteiger partial charge in [0.2, 0.25) is 0 Å². The molecule has 0 aliphatic rings. The second-order valence-corrected chi connectivity index (χ2v) is 7.36. The molecule has 21 heavy (non-hydrogen) atoms. The number of anilines is 1. The summed E-state index contributed by atoms with van der Waals surface area (Å²) in [7, 11) is 1.94. The minimum Gasteiger partial charge on any atom is -0.368 e. The molecule has 2 nitrogen and oxygen atoms in total. The summed E-state index contributed by atoms with van der Waals surface area (Å²) in [5.41, 5.74) is 2.85. The van der Waals surface area contributed by atoms with E-state index in [1.165, 1.54) is 11.6 Å². The van der Waals surface area contributed by atoms with Crippen molar-refractivity contribution in [1.29, 1.82) is 0 Å². The summed E-state index contributed by atoms with van der Waals surface area (Å²) in [6, 6.07) is 7.49. The summed E-state index contributed by atoms with van der Waals surface area (Å²) in [4.78, 5) is 1.98. The molecule has 1 aromatic carbocycles. The van der Waals surface area contributed by atoms with E-state index in [-0.39, 0.29) is 11.9 Å². The quantitative estimate of drug-likeness (QED) is 0.772. The molecule has 0 spiro atoms. The SMILES string of the molecule is CCNC(C)c1cccc(F)c1N(C)Cc1csc(Br)c1. The van der Waals surface area contributed by atoms with Crippen molar-refractivity contribution >= 4 is 33.0 Å². The molecule has 1 aromatic heterocycles. The number of rotatable bonds is 6. The van der Waals surface area contributed by atoms with Crippen LogP contribution in [0.1, 0.15) is 31.0 Å². The van der Waals surface area contributed by atoms with Gasteiger partial charge in [0.15, 0.2) is 0 Å². The Morgan fingerprint density at radius 2 is 2.19 bits per heavy atom. The Morgan fingerprint density at radius 1 is 1.43 bits per heavy atom. The average Bonchev–Trinajstić information content (AvgIpc) is 2.83. The summed E-state index contributed by atoms with van der Waals surface area (Å²) in [5.74, 6) is -0.172. The summed E-state index contributed by atoms with van der Waals surface area (Å²) >= 11 is 5.12. The Bertz CT molecular complexity index is 600. The second kappa shape index (κ2) is 7.38. The van der Waals surface area contributed by atoms with Gasteiger partial charge in [-0.15, -0.1) is 11.3 Å². The summed E-state index contributed by atoms with van der Waals surface area (Å²) < 4.78 is 15.4. The fraction of sp³-hybridized carbons (Fsp3) is 0.375. The Balaban J connectivity index is 2.28. The van der Waals surface area contributed by atoms with E-state index < -0.39 is 0 Å². The third kappa shape index (κ3) is 4.05. The van der Waals surface area contributed by atoms with Crippen LogP contribution in [0.25, 0.3) is 0 Å². The Labute approximate surface area is 138 Å². The highest BCUT2D eigenvalue weighted by atomic mass is 79.9. The van der Waals surface area contributed by atoms with Crippen molar-refractivity contribution in [2.24, 2.45) is 0 Å². The van der Waals surface area contributed by atoms with E-state index in [1.807, 2.05) is 18.0 Å². The molecule has 1 unspecified atom stereocenters. The van der Waals surface area contributed by atoms with Gasteiger partial charge in [-0.1, -0.05) is 19.1 Å². The highest BCUT2D eigenvalue weighted by Gasteiger charge is 2.17. The lowest BCUT2D eigenvalue weighted by Gasteiger charge is -2.25. The summed E-state index contributed by atoms with van der Waals surface area (Å²) in [5, 5.41) is 5.45. The predicted octanol–water partition coefficient (Wildman–Crippen LogP) is 4.96. The van der Waals surface area contributed by atoms with Crippen molar-refractivity contribution in [3.63, 3.8) is 0 Å². The van der Waals surface area contributed by atoms with Crippen LogP contribution in [0.5, 0.6) is 0 Å². The highest BCUT2D eigenvalue weighted by molar-refractivity contribution is 9.11. The predicted molar refractivity (Wildman–Crippen MR) is 92.6 cm³/mol. The van der Waals surface area contributed by atoms with Gasteiger partial charge < -0.3 is 10.2 Å². The molecular formula is C16H20BrFN2S. The molecule has 114 valence electrons. The van der Waals surface area contributed by atoms with Gasteiger partial charge in [0.25, 0.3) is 0 Å². The first kappa shape index (κ1) is 16.5. The Kier molecular flexibility index (Phi) is 5.79. The van der Waals surface area contributed by atoms with Crippen molar-refractivity contribution in [2.75, 3.05) is 18.5 Å². The monoisotopic (exact) mass is 370 g/mol. The van der Waals surface area contributed by atoms with Crippen LogP contribution < -0.4 is 10.2 Å². The average molecular weight is 371 g/mol. The zero-order chi connectivity index (χ0) is 15.4. The molecule has 0 bridgehead atoms. The first-order chi connectivity index (χ1) is 10.0. The third-order valence-electron chi connectivity index (χ3n) is 3.42. The highest BCUT2D eigenvalue weighted by Crippen LogP contribution is 2.30. The van der Waals surface area contributed by atoms with Crippen molar-refractivity contribution in [2.45, 2.75) is 26.4 Å². The largest absolute Gasteiger partial charge is 0.368 e. The van der Waals surface area contributed by atoms with Crippen molar-refractivity contribution in [3.8, 4) is 0 Å². The third-order valence-corrected chi connectivity index (χ3v) is 4.97. The molecule has 0 amide bonds. The molecule has 0 aliphatic carbocycles.